The van der Waals surface area contributed by atoms with Gasteiger partial charge in [0.2, 0.25) is 0 Å². The summed E-state index contributed by atoms with van der Waals surface area (Å²) in [5.41, 5.74) is 15.4. The molecule has 0 saturated heterocycles. The van der Waals surface area contributed by atoms with Crippen LogP contribution in [0.4, 0.5) is 0 Å². The van der Waals surface area contributed by atoms with Crippen LogP contribution in [0.3, 0.4) is 0 Å². The van der Waals surface area contributed by atoms with Crippen LogP contribution in [0.25, 0.3) is 67.6 Å². The Labute approximate surface area is 461 Å². The number of H-pyrrole nitrogens is 4. The van der Waals surface area contributed by atoms with E-state index in [2.05, 4.69) is 161 Å². The molecule has 0 aromatic carbocycles. The smallest absolute Gasteiger partial charge is 0.179 e. The molecule has 12 aromatic heterocycles. The van der Waals surface area contributed by atoms with E-state index in [0.717, 1.165) is 134 Å². The fraction of sp³-hybridized carbons (Fsp3) is 0.0667. The number of aromatic nitrogens is 8. The van der Waals surface area contributed by atoms with Gasteiger partial charge < -0.3 is 87.2 Å². The fourth-order valence-electron chi connectivity index (χ4n) is 10.3. The van der Waals surface area contributed by atoms with Crippen LogP contribution in [-0.4, -0.2) is 19.9 Å². The Morgan fingerprint density at radius 2 is 0.500 bits per heavy atom. The number of furan rings is 4. The minimum absolute atomic E-state index is 0. The first-order valence-electron chi connectivity index (χ1n) is 23.7. The number of rotatable bonds is 8. The van der Waals surface area contributed by atoms with Crippen LogP contribution in [0, 0.1) is 0 Å². The Bertz CT molecular complexity index is 3740. The highest BCUT2D eigenvalue weighted by molar-refractivity contribution is 5.86. The van der Waals surface area contributed by atoms with E-state index in [9.17, 15) is 0 Å². The number of pyridine rings is 4. The van der Waals surface area contributed by atoms with Gasteiger partial charge in [0.1, 0.15) is 51.2 Å². The zero-order valence-corrected chi connectivity index (χ0v) is 44.4. The molecule has 0 atom stereocenters. The number of hydrogen-bond donors (Lipinski definition) is 4. The number of aryl methyl sites for hydroxylation is 4. The van der Waals surface area contributed by atoms with Crippen LogP contribution in [-0.2, 0) is 28.2 Å². The Morgan fingerprint density at radius 1 is 0.276 bits per heavy atom. The lowest BCUT2D eigenvalue weighted by Crippen LogP contribution is -3.00. The van der Waals surface area contributed by atoms with Crippen LogP contribution in [0.5, 0.6) is 0 Å². The van der Waals surface area contributed by atoms with E-state index in [0.29, 0.717) is 0 Å². The van der Waals surface area contributed by atoms with E-state index in [4.69, 9.17) is 17.7 Å². The Balaban J connectivity index is 0.00000176. The normalized spacial score (nSPS) is 11.9. The predicted molar refractivity (Wildman–Crippen MR) is 269 cm³/mol. The first kappa shape index (κ1) is 52.3. The van der Waals surface area contributed by atoms with Crippen molar-refractivity contribution in [2.75, 3.05) is 0 Å². The van der Waals surface area contributed by atoms with Gasteiger partial charge in [-0.3, -0.25) is 0 Å². The van der Waals surface area contributed by atoms with Gasteiger partial charge in [0.05, 0.1) is 69.6 Å². The maximum Gasteiger partial charge on any atom is 0.179 e. The maximum absolute atomic E-state index is 5.97. The third-order valence-electron chi connectivity index (χ3n) is 13.3. The molecule has 0 amide bonds. The molecular formula is C60H48Cl4N8O4. The molecule has 12 aromatic rings. The number of fused-ring (bicyclic) bond motifs is 8. The van der Waals surface area contributed by atoms with Gasteiger partial charge in [-0.25, -0.2) is 18.3 Å². The first-order chi connectivity index (χ1) is 35.2. The minimum Gasteiger partial charge on any atom is -1.00 e. The van der Waals surface area contributed by atoms with Crippen molar-refractivity contribution in [1.29, 1.82) is 0 Å². The van der Waals surface area contributed by atoms with Crippen molar-refractivity contribution < 1.29 is 85.6 Å². The van der Waals surface area contributed by atoms with Gasteiger partial charge in [-0.05, 0) is 121 Å². The zero-order chi connectivity index (χ0) is 48.5. The van der Waals surface area contributed by atoms with E-state index < -0.39 is 0 Å². The summed E-state index contributed by atoms with van der Waals surface area (Å²) in [5, 5.41) is 3.68. The number of hydrogen-bond acceptors (Lipinski definition) is 4. The molecule has 0 radical (unpaired) electrons. The molecule has 12 nitrogen and oxygen atoms in total. The van der Waals surface area contributed by atoms with Crippen molar-refractivity contribution in [3.8, 4) is 45.3 Å². The van der Waals surface area contributed by atoms with Gasteiger partial charge in [-0.15, -0.1) is 0 Å². The minimum atomic E-state index is 0. The van der Waals surface area contributed by atoms with E-state index in [1.54, 1.807) is 25.1 Å². The molecular weight excluding hydrogens is 1040 g/mol. The standard InChI is InChI=1S/C60H48N8O4.4ClH/c1-65-29-37(53-9-5-21-69-53)25-41(33-65)57-45-13-15-47(61-45)58(42-26-38(30-66(2)34-42)54-10-6-22-70-54)49-17-19-51(63-49)60(44-28-40(32-68(4)36-44)56-12-8-24-72-56)52-20-18-50(64-52)59(48-16-14-46(57)62-48)43-27-39(31-67(3)35-43)55-11-7-23-71-55;;;;/h5-36,61-64H,1-4H3;4*1H/q+4;;;;/p-4. The van der Waals surface area contributed by atoms with Gasteiger partial charge in [-0.1, -0.05) is 0 Å². The van der Waals surface area contributed by atoms with Crippen LogP contribution in [0.1, 0.15) is 45.0 Å². The Morgan fingerprint density at radius 3 is 0.711 bits per heavy atom. The van der Waals surface area contributed by atoms with E-state index in [-0.39, 0.29) is 49.6 Å². The number of halogens is 4. The van der Waals surface area contributed by atoms with E-state index >= 15 is 0 Å². The second-order valence-electron chi connectivity index (χ2n) is 18.5. The molecule has 0 fully saturated rings. The highest BCUT2D eigenvalue weighted by atomic mass is 35.5. The molecule has 13 heterocycles. The van der Waals surface area contributed by atoms with Crippen molar-refractivity contribution in [2.45, 2.75) is 0 Å². The molecule has 13 rings (SSSR count). The molecule has 4 N–H and O–H groups in total. The molecule has 76 heavy (non-hydrogen) atoms. The summed E-state index contributed by atoms with van der Waals surface area (Å²) in [6.45, 7) is 0. The van der Waals surface area contributed by atoms with Gasteiger partial charge in [-0.2, -0.15) is 0 Å². The summed E-state index contributed by atoms with van der Waals surface area (Å²) in [6.07, 6.45) is 23.8. The molecule has 16 heteroatoms. The SMILES string of the molecule is C[n+]1cc(C2=c3ccc([nH]3)=C(c3cc(-c4ccco4)c[n+](C)c3)c3ccc([nH]3)C(c3cc(-c4ccco4)c[n+](C)c3)=c3ccc([nH]3)=C(c3cc(-c4ccco4)c[n+](C)c3)c3ccc2[nH]3)cc(-c2ccco2)c1.[Cl-].[Cl-].[Cl-].[Cl-]. The van der Waals surface area contributed by atoms with Gasteiger partial charge >= 0.3 is 0 Å². The predicted octanol–water partition coefficient (Wildman–Crippen LogP) is -5.34. The third kappa shape index (κ3) is 9.71. The van der Waals surface area contributed by atoms with Crippen LogP contribution in [0.2, 0.25) is 0 Å². The molecule has 380 valence electrons. The molecule has 1 aliphatic rings. The lowest BCUT2D eigenvalue weighted by molar-refractivity contribution is -0.671. The molecule has 0 unspecified atom stereocenters. The number of nitrogens with one attached hydrogen (secondary N) is 4. The summed E-state index contributed by atoms with van der Waals surface area (Å²) < 4.78 is 32.2. The second kappa shape index (κ2) is 21.4. The summed E-state index contributed by atoms with van der Waals surface area (Å²) in [4.78, 5) is 15.8. The molecule has 8 bridgehead atoms. The highest BCUT2D eigenvalue weighted by Crippen LogP contribution is 2.32. The van der Waals surface area contributed by atoms with E-state index in [1.807, 2.05) is 76.7 Å². The van der Waals surface area contributed by atoms with Crippen molar-refractivity contribution in [2.24, 2.45) is 28.2 Å². The van der Waals surface area contributed by atoms with Crippen LogP contribution >= 0.6 is 0 Å². The van der Waals surface area contributed by atoms with Crippen molar-refractivity contribution in [3.63, 3.8) is 0 Å². The fourth-order valence-corrected chi connectivity index (χ4v) is 10.3. The summed E-state index contributed by atoms with van der Waals surface area (Å²) >= 11 is 0. The van der Waals surface area contributed by atoms with Crippen molar-refractivity contribution >= 4 is 22.3 Å². The zero-order valence-electron chi connectivity index (χ0n) is 41.4. The van der Waals surface area contributed by atoms with Crippen molar-refractivity contribution in [1.82, 2.24) is 19.9 Å². The highest BCUT2D eigenvalue weighted by Gasteiger charge is 2.24. The Hall–Kier alpha value is -8.52. The lowest BCUT2D eigenvalue weighted by atomic mass is 10.0. The van der Waals surface area contributed by atoms with Crippen LogP contribution < -0.4 is 89.3 Å². The maximum atomic E-state index is 5.97. The van der Waals surface area contributed by atoms with Crippen molar-refractivity contribution in [3.05, 3.63) is 262 Å². The quantitative estimate of drug-likeness (QED) is 0.114. The lowest BCUT2D eigenvalue weighted by Gasteiger charge is -2.10. The van der Waals surface area contributed by atoms with E-state index in [1.165, 1.54) is 0 Å². The monoisotopic (exact) mass is 1080 g/mol. The molecule has 0 aliphatic carbocycles. The van der Waals surface area contributed by atoms with Gasteiger partial charge in [0.25, 0.3) is 0 Å². The first-order valence-corrected chi connectivity index (χ1v) is 23.7. The number of nitrogens with zero attached hydrogens (tertiary/aromatic N) is 4. The largest absolute Gasteiger partial charge is 1.00 e. The summed E-state index contributed by atoms with van der Waals surface area (Å²) in [6, 6.07) is 41.8. The average Bonchev–Trinajstić information content (AvgIpc) is 4.21. The number of aromatic amines is 4. The third-order valence-corrected chi connectivity index (χ3v) is 13.3. The molecule has 0 spiro atoms. The van der Waals surface area contributed by atoms with Gasteiger partial charge in [0, 0.05) is 66.5 Å². The summed E-state index contributed by atoms with van der Waals surface area (Å²) in [7, 11) is 8.19. The second-order valence-corrected chi connectivity index (χ2v) is 18.5. The van der Waals surface area contributed by atoms with Crippen LogP contribution in [0.15, 0.2) is 214 Å². The topological polar surface area (TPSA) is 131 Å². The average molecular weight is 1090 g/mol. The van der Waals surface area contributed by atoms with Gasteiger partial charge in [0.15, 0.2) is 49.6 Å². The summed E-state index contributed by atoms with van der Waals surface area (Å²) in [5.74, 6) is 3.12. The molecule has 0 saturated carbocycles. The Kier molecular flexibility index (Phi) is 14.7. The molecule has 1 aliphatic heterocycles.